The molecule has 0 atom stereocenters. The quantitative estimate of drug-likeness (QED) is 0.0616. The molecule has 0 heterocycles. The number of carbonyl (C=O) groups excluding carboxylic acids is 1. The number of nitrogens with zero attached hydrogens (tertiary/aromatic N) is 1. The summed E-state index contributed by atoms with van der Waals surface area (Å²) in [7, 11) is 0. The fraction of sp³-hybridized carbons (Fsp3) is 0.750. The van der Waals surface area contributed by atoms with Gasteiger partial charge in [-0.05, 0) is 77.0 Å². The van der Waals surface area contributed by atoms with Gasteiger partial charge in [0.15, 0.2) is 0 Å². The molecule has 0 aliphatic carbocycles. The molecule has 0 aliphatic rings. The number of unbranched alkanes of at least 4 members (excludes halogenated alkanes) is 8. The lowest BCUT2D eigenvalue weighted by Crippen LogP contribution is -2.50. The lowest BCUT2D eigenvalue weighted by Gasteiger charge is -2.39. The Hall–Kier alpha value is -1.61. The summed E-state index contributed by atoms with van der Waals surface area (Å²) in [5.41, 5.74) is 0. The lowest BCUT2D eigenvalue weighted by atomic mass is 10.1. The molecule has 0 aromatic rings. The van der Waals surface area contributed by atoms with Crippen LogP contribution in [0.15, 0.2) is 48.6 Å². The molecule has 3 nitrogen and oxygen atoms in total. The molecule has 228 valence electrons. The van der Waals surface area contributed by atoms with Crippen molar-refractivity contribution in [3.8, 4) is 0 Å². The summed E-state index contributed by atoms with van der Waals surface area (Å²) in [4.78, 5) is 10.2. The van der Waals surface area contributed by atoms with Crippen molar-refractivity contribution in [2.45, 2.75) is 150 Å². The first-order valence-electron chi connectivity index (χ1n) is 16.7. The molecule has 0 aromatic heterocycles. The molecule has 0 rings (SSSR count). The summed E-state index contributed by atoms with van der Waals surface area (Å²) in [6.45, 7) is 17.2. The molecule has 0 aliphatic heterocycles. The van der Waals surface area contributed by atoms with Gasteiger partial charge in [-0.2, -0.15) is 0 Å². The van der Waals surface area contributed by atoms with Crippen LogP contribution in [0.25, 0.3) is 0 Å². The fourth-order valence-electron chi connectivity index (χ4n) is 4.57. The summed E-state index contributed by atoms with van der Waals surface area (Å²) in [5, 5.41) is 10.2. The van der Waals surface area contributed by atoms with Crippen LogP contribution in [0.4, 0.5) is 0 Å². The third-order valence-corrected chi connectivity index (χ3v) is 7.15. The third-order valence-electron chi connectivity index (χ3n) is 7.15. The second kappa shape index (κ2) is 32.6. The van der Waals surface area contributed by atoms with E-state index in [4.69, 9.17) is 0 Å². The molecule has 0 amide bonds. The van der Waals surface area contributed by atoms with Crippen molar-refractivity contribution in [2.75, 3.05) is 26.2 Å². The third kappa shape index (κ3) is 30.8. The molecule has 0 unspecified atom stereocenters. The molecule has 0 bridgehead atoms. The van der Waals surface area contributed by atoms with Crippen molar-refractivity contribution in [1.29, 1.82) is 0 Å². The minimum atomic E-state index is -0.962. The van der Waals surface area contributed by atoms with Crippen molar-refractivity contribution in [3.63, 3.8) is 0 Å². The Bertz CT molecular complexity index is 580. The molecule has 0 N–H and O–H groups in total. The van der Waals surface area contributed by atoms with Crippen molar-refractivity contribution < 1.29 is 14.4 Å². The van der Waals surface area contributed by atoms with Gasteiger partial charge in [-0.15, -0.1) is 0 Å². The minimum Gasteiger partial charge on any atom is -0.550 e. The number of hydrogen-bond acceptors (Lipinski definition) is 2. The van der Waals surface area contributed by atoms with Gasteiger partial charge in [-0.3, -0.25) is 0 Å². The van der Waals surface area contributed by atoms with Crippen LogP contribution < -0.4 is 5.11 Å². The Morgan fingerprint density at radius 2 is 0.821 bits per heavy atom. The van der Waals surface area contributed by atoms with Crippen molar-refractivity contribution in [3.05, 3.63) is 48.6 Å². The standard InChI is InChI=1S/C20H32O2.C16H36N/c1-2-3-4-5-6-7-8-9-10-11-12-13-14-15-16-17-18-19-20(21)22;1-5-9-13-17(14-10-6-2,15-11-7-3)16-12-8-4/h6-7,9-10,12-13,15-16H,2-5,8,11,14,17-19H2,1H3,(H,21,22);5-16H2,1-4H3/q;+1/p-1/b7-6-,10-9-,13-12-,16-15-;. The fourth-order valence-corrected chi connectivity index (χ4v) is 4.57. The second-order valence-electron chi connectivity index (χ2n) is 11.0. The maximum atomic E-state index is 10.2. The summed E-state index contributed by atoms with van der Waals surface area (Å²) < 4.78 is 1.42. The normalized spacial score (nSPS) is 12.2. The van der Waals surface area contributed by atoms with E-state index in [1.165, 1.54) is 108 Å². The van der Waals surface area contributed by atoms with Crippen LogP contribution in [0, 0.1) is 0 Å². The van der Waals surface area contributed by atoms with E-state index in [1.54, 1.807) is 0 Å². The Morgan fingerprint density at radius 3 is 1.15 bits per heavy atom. The maximum Gasteiger partial charge on any atom is 0.0786 e. The van der Waals surface area contributed by atoms with Gasteiger partial charge in [0.1, 0.15) is 0 Å². The zero-order valence-corrected chi connectivity index (χ0v) is 26.9. The summed E-state index contributed by atoms with van der Waals surface area (Å²) in [6.07, 6.45) is 38.1. The van der Waals surface area contributed by atoms with E-state index in [-0.39, 0.29) is 6.42 Å². The molecule has 0 spiro atoms. The largest absolute Gasteiger partial charge is 0.550 e. The monoisotopic (exact) mass is 546 g/mol. The van der Waals surface area contributed by atoms with Crippen LogP contribution in [0.3, 0.4) is 0 Å². The van der Waals surface area contributed by atoms with Crippen LogP contribution in [0.2, 0.25) is 0 Å². The Balaban J connectivity index is 0. The van der Waals surface area contributed by atoms with Gasteiger partial charge in [0, 0.05) is 5.97 Å². The molecular formula is C36H67NO2. The second-order valence-corrected chi connectivity index (χ2v) is 11.0. The maximum absolute atomic E-state index is 10.2. The molecule has 0 aromatic carbocycles. The molecule has 0 radical (unpaired) electrons. The molecule has 0 fully saturated rings. The van der Waals surface area contributed by atoms with Gasteiger partial charge >= 0.3 is 0 Å². The van der Waals surface area contributed by atoms with Gasteiger partial charge in [0.05, 0.1) is 26.2 Å². The first kappa shape index (κ1) is 39.5. The molecule has 39 heavy (non-hydrogen) atoms. The first-order valence-corrected chi connectivity index (χ1v) is 16.7. The van der Waals surface area contributed by atoms with Crippen LogP contribution >= 0.6 is 0 Å². The lowest BCUT2D eigenvalue weighted by molar-refractivity contribution is -0.929. The van der Waals surface area contributed by atoms with E-state index in [0.717, 1.165) is 25.7 Å². The topological polar surface area (TPSA) is 40.1 Å². The molecule has 3 heteroatoms. The first-order chi connectivity index (χ1) is 19.0. The van der Waals surface area contributed by atoms with Crippen molar-refractivity contribution in [2.24, 2.45) is 0 Å². The summed E-state index contributed by atoms with van der Waals surface area (Å²) >= 11 is 0. The van der Waals surface area contributed by atoms with Crippen LogP contribution in [0.1, 0.15) is 150 Å². The predicted octanol–water partition coefficient (Wildman–Crippen LogP) is 9.89. The number of allylic oxidation sites excluding steroid dienone is 8. The van der Waals surface area contributed by atoms with Gasteiger partial charge in [0.2, 0.25) is 0 Å². The predicted molar refractivity (Wildman–Crippen MR) is 173 cm³/mol. The van der Waals surface area contributed by atoms with E-state index >= 15 is 0 Å². The highest BCUT2D eigenvalue weighted by Gasteiger charge is 2.24. The number of carbonyl (C=O) groups is 1. The highest BCUT2D eigenvalue weighted by molar-refractivity contribution is 5.64. The van der Waals surface area contributed by atoms with Gasteiger partial charge in [0.25, 0.3) is 0 Å². The summed E-state index contributed by atoms with van der Waals surface area (Å²) in [5.74, 6) is -0.962. The average Bonchev–Trinajstić information content (AvgIpc) is 2.94. The zero-order chi connectivity index (χ0) is 29.3. The number of carboxylic acid groups (broad SMARTS) is 1. The zero-order valence-electron chi connectivity index (χ0n) is 26.9. The Kier molecular flexibility index (Phi) is 33.0. The number of hydrogen-bond donors (Lipinski definition) is 0. The molecular weight excluding hydrogens is 478 g/mol. The minimum absolute atomic E-state index is 0.151. The smallest absolute Gasteiger partial charge is 0.0786 e. The highest BCUT2D eigenvalue weighted by Crippen LogP contribution is 2.16. The average molecular weight is 546 g/mol. The summed E-state index contributed by atoms with van der Waals surface area (Å²) in [6, 6.07) is 0. The van der Waals surface area contributed by atoms with Crippen LogP contribution in [0.5, 0.6) is 0 Å². The van der Waals surface area contributed by atoms with Crippen molar-refractivity contribution in [1.82, 2.24) is 0 Å². The van der Waals surface area contributed by atoms with Crippen molar-refractivity contribution >= 4 is 5.97 Å². The number of rotatable bonds is 26. The molecule has 0 saturated carbocycles. The van der Waals surface area contributed by atoms with E-state index in [9.17, 15) is 9.90 Å². The van der Waals surface area contributed by atoms with E-state index in [2.05, 4.69) is 77.2 Å². The number of aliphatic carboxylic acids is 1. The highest BCUT2D eigenvalue weighted by atomic mass is 16.4. The number of quaternary nitrogens is 1. The van der Waals surface area contributed by atoms with Crippen LogP contribution in [-0.2, 0) is 4.79 Å². The Morgan fingerprint density at radius 1 is 0.487 bits per heavy atom. The Labute approximate surface area is 245 Å². The van der Waals surface area contributed by atoms with E-state index in [0.29, 0.717) is 6.42 Å². The van der Waals surface area contributed by atoms with Gasteiger partial charge in [-0.25, -0.2) is 0 Å². The van der Waals surface area contributed by atoms with E-state index in [1.807, 2.05) is 6.08 Å². The number of carboxylic acids is 1. The van der Waals surface area contributed by atoms with E-state index < -0.39 is 5.97 Å². The molecule has 0 saturated heterocycles. The van der Waals surface area contributed by atoms with Gasteiger partial charge < -0.3 is 14.4 Å². The SMILES string of the molecule is CCCCC/C=C\C/C=C\C/C=C\C/C=C\CCCC(=O)[O-].CCCC[N+](CCCC)(CCCC)CCCC. The van der Waals surface area contributed by atoms with Gasteiger partial charge in [-0.1, -0.05) is 122 Å². The van der Waals surface area contributed by atoms with Crippen LogP contribution in [-0.4, -0.2) is 36.6 Å².